The molecule has 0 radical (unpaired) electrons. The number of aromatic nitrogens is 4. The van der Waals surface area contributed by atoms with Gasteiger partial charge in [0.05, 0.1) is 18.9 Å². The summed E-state index contributed by atoms with van der Waals surface area (Å²) >= 11 is 5.53. The van der Waals surface area contributed by atoms with E-state index in [9.17, 15) is 0 Å². The lowest BCUT2D eigenvalue weighted by Crippen LogP contribution is -2.46. The molecule has 2 aliphatic rings. The third-order valence-electron chi connectivity index (χ3n) is 4.55. The smallest absolute Gasteiger partial charge is 0.199 e. The van der Waals surface area contributed by atoms with Crippen LogP contribution in [0.2, 0.25) is 0 Å². The number of rotatable bonds is 5. The lowest BCUT2D eigenvalue weighted by molar-refractivity contribution is 0.0919. The molecule has 2 aromatic heterocycles. The van der Waals surface area contributed by atoms with Crippen LogP contribution in [0.25, 0.3) is 0 Å². The van der Waals surface area contributed by atoms with Crippen LogP contribution < -0.4 is 0 Å². The first kappa shape index (κ1) is 15.0. The summed E-state index contributed by atoms with van der Waals surface area (Å²) < 4.78 is 10.2. The van der Waals surface area contributed by atoms with Gasteiger partial charge in [0.2, 0.25) is 0 Å². The summed E-state index contributed by atoms with van der Waals surface area (Å²) in [5.74, 6) is 0.946. The highest BCUT2D eigenvalue weighted by Gasteiger charge is 2.25. The summed E-state index contributed by atoms with van der Waals surface area (Å²) in [6.45, 7) is 7.66. The molecule has 2 fully saturated rings. The van der Waals surface area contributed by atoms with Gasteiger partial charge in [-0.1, -0.05) is 5.16 Å². The molecule has 0 bridgehead atoms. The molecule has 4 rings (SSSR count). The van der Waals surface area contributed by atoms with Crippen molar-refractivity contribution in [2.75, 3.05) is 26.2 Å². The van der Waals surface area contributed by atoms with Crippen molar-refractivity contribution < 1.29 is 4.52 Å². The van der Waals surface area contributed by atoms with Crippen LogP contribution in [-0.4, -0.2) is 55.5 Å². The predicted octanol–water partition coefficient (Wildman–Crippen LogP) is 1.82. The van der Waals surface area contributed by atoms with E-state index in [0.29, 0.717) is 6.04 Å². The van der Waals surface area contributed by atoms with E-state index in [1.54, 1.807) is 0 Å². The van der Waals surface area contributed by atoms with Crippen LogP contribution in [0.5, 0.6) is 0 Å². The first-order valence-corrected chi connectivity index (χ1v) is 8.61. The maximum absolute atomic E-state index is 5.53. The number of aryl methyl sites for hydroxylation is 1. The van der Waals surface area contributed by atoms with Crippen molar-refractivity contribution in [3.63, 3.8) is 0 Å². The maximum atomic E-state index is 5.53. The number of piperazine rings is 1. The molecular formula is C15H22N6OS. The first-order chi connectivity index (χ1) is 11.2. The predicted molar refractivity (Wildman–Crippen MR) is 87.4 cm³/mol. The average Bonchev–Trinajstić information content (AvgIpc) is 3.21. The maximum Gasteiger partial charge on any atom is 0.199 e. The normalized spacial score (nSPS) is 20.2. The van der Waals surface area contributed by atoms with E-state index < -0.39 is 0 Å². The molecule has 1 saturated carbocycles. The Kier molecular flexibility index (Phi) is 4.04. The van der Waals surface area contributed by atoms with Crippen LogP contribution in [0.15, 0.2) is 16.9 Å². The minimum Gasteiger partial charge on any atom is -0.360 e. The summed E-state index contributed by atoms with van der Waals surface area (Å²) in [5.41, 5.74) is 0.944. The van der Waals surface area contributed by atoms with Crippen LogP contribution in [-0.2, 0) is 13.2 Å². The molecule has 0 aromatic carbocycles. The number of hydrogen-bond acceptors (Lipinski definition) is 6. The molecule has 8 heteroatoms. The molecule has 0 spiro atoms. The average molecular weight is 334 g/mol. The van der Waals surface area contributed by atoms with Crippen molar-refractivity contribution in [3.05, 3.63) is 28.6 Å². The van der Waals surface area contributed by atoms with Crippen LogP contribution in [0.4, 0.5) is 0 Å². The molecule has 1 aliphatic carbocycles. The SMILES string of the molecule is Cc1cc(CN2CCN(Cn3ncn(C4CC4)c3=S)CC2)on1. The molecule has 3 heterocycles. The van der Waals surface area contributed by atoms with Crippen molar-refractivity contribution in [1.29, 1.82) is 0 Å². The van der Waals surface area contributed by atoms with Gasteiger partial charge in [-0.05, 0) is 32.0 Å². The first-order valence-electron chi connectivity index (χ1n) is 8.20. The fraction of sp³-hybridized carbons (Fsp3) is 0.667. The molecule has 23 heavy (non-hydrogen) atoms. The van der Waals surface area contributed by atoms with E-state index in [0.717, 1.165) is 55.6 Å². The Morgan fingerprint density at radius 2 is 1.96 bits per heavy atom. The molecule has 0 N–H and O–H groups in total. The molecule has 1 aliphatic heterocycles. The lowest BCUT2D eigenvalue weighted by atomic mass is 10.3. The molecule has 0 amide bonds. The summed E-state index contributed by atoms with van der Waals surface area (Å²) in [7, 11) is 0. The van der Waals surface area contributed by atoms with E-state index in [1.165, 1.54) is 12.8 Å². The largest absolute Gasteiger partial charge is 0.360 e. The minimum atomic E-state index is 0.596. The van der Waals surface area contributed by atoms with Gasteiger partial charge in [-0.2, -0.15) is 5.10 Å². The van der Waals surface area contributed by atoms with E-state index >= 15 is 0 Å². The molecular weight excluding hydrogens is 312 g/mol. The zero-order chi connectivity index (χ0) is 15.8. The van der Waals surface area contributed by atoms with Gasteiger partial charge >= 0.3 is 0 Å². The van der Waals surface area contributed by atoms with Gasteiger partial charge in [-0.15, -0.1) is 0 Å². The Balaban J connectivity index is 1.30. The van der Waals surface area contributed by atoms with Gasteiger partial charge in [0.25, 0.3) is 0 Å². The Morgan fingerprint density at radius 3 is 2.61 bits per heavy atom. The second kappa shape index (κ2) is 6.18. The van der Waals surface area contributed by atoms with Gasteiger partial charge in [-0.25, -0.2) is 4.68 Å². The van der Waals surface area contributed by atoms with Gasteiger partial charge in [-0.3, -0.25) is 9.80 Å². The Labute approximate surface area is 140 Å². The quantitative estimate of drug-likeness (QED) is 0.778. The zero-order valence-corrected chi connectivity index (χ0v) is 14.2. The van der Waals surface area contributed by atoms with E-state index in [-0.39, 0.29) is 0 Å². The fourth-order valence-electron chi connectivity index (χ4n) is 3.04. The van der Waals surface area contributed by atoms with Crippen LogP contribution in [0, 0.1) is 11.7 Å². The molecule has 1 saturated heterocycles. The second-order valence-electron chi connectivity index (χ2n) is 6.52. The van der Waals surface area contributed by atoms with Gasteiger partial charge in [0.15, 0.2) is 10.5 Å². The third kappa shape index (κ3) is 3.39. The zero-order valence-electron chi connectivity index (χ0n) is 13.4. The molecule has 0 atom stereocenters. The molecule has 2 aromatic rings. The summed E-state index contributed by atoms with van der Waals surface area (Å²) in [5, 5.41) is 8.40. The van der Waals surface area contributed by atoms with E-state index in [1.807, 2.05) is 24.0 Å². The van der Waals surface area contributed by atoms with Gasteiger partial charge < -0.3 is 9.09 Å². The summed E-state index contributed by atoms with van der Waals surface area (Å²) in [6, 6.07) is 2.61. The van der Waals surface area contributed by atoms with Crippen molar-refractivity contribution in [2.24, 2.45) is 0 Å². The molecule has 7 nitrogen and oxygen atoms in total. The summed E-state index contributed by atoms with van der Waals surface area (Å²) in [6.07, 6.45) is 4.36. The van der Waals surface area contributed by atoms with Crippen molar-refractivity contribution in [2.45, 2.75) is 39.0 Å². The van der Waals surface area contributed by atoms with E-state index in [2.05, 4.69) is 24.6 Å². The topological polar surface area (TPSA) is 55.3 Å². The molecule has 0 unspecified atom stereocenters. The number of nitrogens with zero attached hydrogens (tertiary/aromatic N) is 6. The standard InChI is InChI=1S/C15H22N6OS/c1-12-8-14(22-17-12)9-18-4-6-19(7-5-18)11-21-15(23)20(10-16-21)13-2-3-13/h8,10,13H,2-7,9,11H2,1H3. The number of hydrogen-bond donors (Lipinski definition) is 0. The van der Waals surface area contributed by atoms with Crippen molar-refractivity contribution in [1.82, 2.24) is 29.3 Å². The second-order valence-corrected chi connectivity index (χ2v) is 6.89. The Morgan fingerprint density at radius 1 is 1.22 bits per heavy atom. The highest BCUT2D eigenvalue weighted by molar-refractivity contribution is 7.71. The highest BCUT2D eigenvalue weighted by Crippen LogP contribution is 2.34. The van der Waals surface area contributed by atoms with Crippen LogP contribution >= 0.6 is 12.2 Å². The van der Waals surface area contributed by atoms with Crippen molar-refractivity contribution in [3.8, 4) is 0 Å². The Bertz CT molecular complexity index is 722. The summed E-state index contributed by atoms with van der Waals surface area (Å²) in [4.78, 5) is 4.81. The fourth-order valence-corrected chi connectivity index (χ4v) is 3.34. The van der Waals surface area contributed by atoms with Crippen molar-refractivity contribution >= 4 is 12.2 Å². The Hall–Kier alpha value is -1.51. The van der Waals surface area contributed by atoms with Gasteiger partial charge in [0, 0.05) is 38.3 Å². The van der Waals surface area contributed by atoms with Crippen LogP contribution in [0.1, 0.15) is 30.3 Å². The highest BCUT2D eigenvalue weighted by atomic mass is 32.1. The van der Waals surface area contributed by atoms with Gasteiger partial charge in [0.1, 0.15) is 6.33 Å². The monoisotopic (exact) mass is 334 g/mol. The lowest BCUT2D eigenvalue weighted by Gasteiger charge is -2.33. The van der Waals surface area contributed by atoms with Crippen LogP contribution in [0.3, 0.4) is 0 Å². The van der Waals surface area contributed by atoms with E-state index in [4.69, 9.17) is 16.7 Å². The minimum absolute atomic E-state index is 0.596. The molecule has 124 valence electrons. The third-order valence-corrected chi connectivity index (χ3v) is 4.97.